The summed E-state index contributed by atoms with van der Waals surface area (Å²) in [6, 6.07) is 0. The van der Waals surface area contributed by atoms with Crippen LogP contribution in [0.25, 0.3) is 0 Å². The molecule has 5 heteroatoms. The molecule has 82 valence electrons. The van der Waals surface area contributed by atoms with Gasteiger partial charge < -0.3 is 9.15 Å². The molecule has 0 saturated carbocycles. The number of aromatic nitrogens is 1. The molecule has 0 aliphatic carbocycles. The summed E-state index contributed by atoms with van der Waals surface area (Å²) in [7, 11) is 0. The highest BCUT2D eigenvalue weighted by Crippen LogP contribution is 2.07. The van der Waals surface area contributed by atoms with Crippen LogP contribution >= 0.6 is 0 Å². The lowest BCUT2D eigenvalue weighted by Crippen LogP contribution is -2.20. The third kappa shape index (κ3) is 2.18. The zero-order chi connectivity index (χ0) is 11.4. The molecule has 0 fully saturated rings. The quantitative estimate of drug-likeness (QED) is 0.553. The summed E-state index contributed by atoms with van der Waals surface area (Å²) in [5.41, 5.74) is 0.154. The van der Waals surface area contributed by atoms with Crippen molar-refractivity contribution in [1.29, 1.82) is 0 Å². The number of ether oxygens (including phenoxy) is 1. The van der Waals surface area contributed by atoms with Crippen LogP contribution in [-0.2, 0) is 11.3 Å². The topological polar surface area (TPSA) is 61.4 Å². The number of oxazole rings is 1. The molecule has 0 radical (unpaired) electrons. The van der Waals surface area contributed by atoms with Gasteiger partial charge in [-0.15, -0.1) is 6.58 Å². The first-order valence-corrected chi connectivity index (χ1v) is 4.60. The first-order valence-electron chi connectivity index (χ1n) is 4.60. The number of hydrogen-bond donors (Lipinski definition) is 0. The van der Waals surface area contributed by atoms with Crippen molar-refractivity contribution in [3.05, 3.63) is 34.7 Å². The summed E-state index contributed by atoms with van der Waals surface area (Å²) in [5.74, 6) is -0.863. The van der Waals surface area contributed by atoms with Crippen LogP contribution in [0.2, 0.25) is 0 Å². The number of carbonyl (C=O) groups excluding carboxylic acids is 1. The minimum Gasteiger partial charge on any atom is -0.461 e. The van der Waals surface area contributed by atoms with Crippen LogP contribution in [0.3, 0.4) is 0 Å². The summed E-state index contributed by atoms with van der Waals surface area (Å²) in [6.45, 7) is 7.23. The van der Waals surface area contributed by atoms with Crippen LogP contribution in [0.15, 0.2) is 21.9 Å². The van der Waals surface area contributed by atoms with Crippen LogP contribution < -0.4 is 5.76 Å². The summed E-state index contributed by atoms with van der Waals surface area (Å²) in [4.78, 5) is 22.8. The van der Waals surface area contributed by atoms with Gasteiger partial charge in [0.05, 0.1) is 6.61 Å². The van der Waals surface area contributed by atoms with Gasteiger partial charge in [0.2, 0.25) is 0 Å². The molecule has 1 aromatic heterocycles. The van der Waals surface area contributed by atoms with E-state index in [1.54, 1.807) is 13.8 Å². The van der Waals surface area contributed by atoms with E-state index in [1.165, 1.54) is 10.6 Å². The maximum absolute atomic E-state index is 11.5. The number of nitrogens with zero attached hydrogens (tertiary/aromatic N) is 1. The molecule has 0 amide bonds. The number of allylic oxidation sites excluding steroid dienone is 1. The fourth-order valence-corrected chi connectivity index (χ4v) is 1.26. The Bertz CT molecular complexity index is 427. The van der Waals surface area contributed by atoms with E-state index in [9.17, 15) is 9.59 Å². The maximum atomic E-state index is 11.5. The maximum Gasteiger partial charge on any atom is 0.420 e. The van der Waals surface area contributed by atoms with Gasteiger partial charge in [-0.3, -0.25) is 4.57 Å². The molecule has 0 unspecified atom stereocenters. The van der Waals surface area contributed by atoms with Gasteiger partial charge >= 0.3 is 11.7 Å². The van der Waals surface area contributed by atoms with Crippen molar-refractivity contribution >= 4 is 5.97 Å². The average molecular weight is 211 g/mol. The van der Waals surface area contributed by atoms with E-state index in [1.807, 2.05) is 0 Å². The van der Waals surface area contributed by atoms with E-state index >= 15 is 0 Å². The largest absolute Gasteiger partial charge is 0.461 e. The third-order valence-electron chi connectivity index (χ3n) is 1.84. The molecule has 0 N–H and O–H groups in total. The van der Waals surface area contributed by atoms with Gasteiger partial charge in [0.15, 0.2) is 5.69 Å². The molecule has 0 atom stereocenters. The predicted octanol–water partition coefficient (Wildman–Crippen LogP) is 1.11. The Morgan fingerprint density at radius 3 is 2.87 bits per heavy atom. The van der Waals surface area contributed by atoms with Crippen LogP contribution in [0.5, 0.6) is 0 Å². The Labute approximate surface area is 87.0 Å². The lowest BCUT2D eigenvalue weighted by Gasteiger charge is -2.03. The molecule has 15 heavy (non-hydrogen) atoms. The molecular weight excluding hydrogens is 198 g/mol. The monoisotopic (exact) mass is 211 g/mol. The molecule has 0 aliphatic rings. The Hall–Kier alpha value is -1.78. The molecule has 0 aliphatic heterocycles. The summed E-state index contributed by atoms with van der Waals surface area (Å²) in [5, 5.41) is 0. The summed E-state index contributed by atoms with van der Waals surface area (Å²) >= 11 is 0. The SMILES string of the molecule is C=CCn1c(C(=O)OCC)c(C)oc1=O. The number of rotatable bonds is 4. The Kier molecular flexibility index (Phi) is 3.49. The molecule has 1 aromatic rings. The van der Waals surface area contributed by atoms with Crippen molar-refractivity contribution < 1.29 is 13.9 Å². The molecule has 1 rings (SSSR count). The standard InChI is InChI=1S/C10H13NO4/c1-4-6-11-8(9(12)14-5-2)7(3)15-10(11)13/h4H,1,5-6H2,2-3H3. The van der Waals surface area contributed by atoms with E-state index < -0.39 is 11.7 Å². The van der Waals surface area contributed by atoms with Gasteiger partial charge in [0.25, 0.3) is 0 Å². The lowest BCUT2D eigenvalue weighted by molar-refractivity contribution is 0.0512. The van der Waals surface area contributed by atoms with Crippen LogP contribution in [0.1, 0.15) is 23.2 Å². The van der Waals surface area contributed by atoms with E-state index in [0.717, 1.165) is 0 Å². The van der Waals surface area contributed by atoms with E-state index in [-0.39, 0.29) is 24.6 Å². The fourth-order valence-electron chi connectivity index (χ4n) is 1.26. The minimum atomic E-state index is -0.574. The smallest absolute Gasteiger partial charge is 0.420 e. The second-order valence-corrected chi connectivity index (χ2v) is 2.89. The predicted molar refractivity (Wildman–Crippen MR) is 53.9 cm³/mol. The first-order chi connectivity index (χ1) is 7.11. The van der Waals surface area contributed by atoms with Gasteiger partial charge in [0.1, 0.15) is 5.76 Å². The molecule has 0 saturated heterocycles. The zero-order valence-corrected chi connectivity index (χ0v) is 8.78. The van der Waals surface area contributed by atoms with Crippen molar-refractivity contribution in [2.24, 2.45) is 0 Å². The molecule has 1 heterocycles. The van der Waals surface area contributed by atoms with Crippen molar-refractivity contribution in [2.45, 2.75) is 20.4 Å². The second kappa shape index (κ2) is 4.63. The number of hydrogen-bond acceptors (Lipinski definition) is 4. The molecule has 0 aromatic carbocycles. The molecular formula is C10H13NO4. The lowest BCUT2D eigenvalue weighted by atomic mass is 10.3. The van der Waals surface area contributed by atoms with Crippen molar-refractivity contribution in [3.8, 4) is 0 Å². The van der Waals surface area contributed by atoms with Gasteiger partial charge in [0, 0.05) is 6.54 Å². The minimum absolute atomic E-state index is 0.154. The number of carbonyl (C=O) groups is 1. The van der Waals surface area contributed by atoms with Crippen molar-refractivity contribution in [2.75, 3.05) is 6.61 Å². The van der Waals surface area contributed by atoms with Gasteiger partial charge in [-0.05, 0) is 13.8 Å². The highest BCUT2D eigenvalue weighted by atomic mass is 16.5. The van der Waals surface area contributed by atoms with Crippen LogP contribution in [-0.4, -0.2) is 17.1 Å². The molecule has 0 spiro atoms. The van der Waals surface area contributed by atoms with Gasteiger partial charge in [-0.25, -0.2) is 9.59 Å². The van der Waals surface area contributed by atoms with Crippen molar-refractivity contribution in [1.82, 2.24) is 4.57 Å². The fraction of sp³-hybridized carbons (Fsp3) is 0.400. The van der Waals surface area contributed by atoms with Gasteiger partial charge in [-0.2, -0.15) is 0 Å². The number of esters is 1. The molecule has 5 nitrogen and oxygen atoms in total. The van der Waals surface area contributed by atoms with Crippen LogP contribution in [0, 0.1) is 6.92 Å². The van der Waals surface area contributed by atoms with E-state index in [4.69, 9.17) is 9.15 Å². The first kappa shape index (κ1) is 11.3. The second-order valence-electron chi connectivity index (χ2n) is 2.89. The summed E-state index contributed by atoms with van der Waals surface area (Å²) < 4.78 is 10.8. The average Bonchev–Trinajstić information content (AvgIpc) is 2.43. The normalized spacial score (nSPS) is 10.0. The third-order valence-corrected chi connectivity index (χ3v) is 1.84. The Morgan fingerprint density at radius 2 is 2.33 bits per heavy atom. The zero-order valence-electron chi connectivity index (χ0n) is 8.78. The van der Waals surface area contributed by atoms with Crippen molar-refractivity contribution in [3.63, 3.8) is 0 Å². The number of aryl methyl sites for hydroxylation is 1. The van der Waals surface area contributed by atoms with Gasteiger partial charge in [-0.1, -0.05) is 6.08 Å². The highest BCUT2D eigenvalue weighted by molar-refractivity contribution is 5.88. The highest BCUT2D eigenvalue weighted by Gasteiger charge is 2.20. The van der Waals surface area contributed by atoms with E-state index in [2.05, 4.69) is 6.58 Å². The Balaban J connectivity index is 3.19. The van der Waals surface area contributed by atoms with E-state index in [0.29, 0.717) is 0 Å². The molecule has 0 bridgehead atoms. The summed E-state index contributed by atoms with van der Waals surface area (Å²) in [6.07, 6.45) is 1.51. The Morgan fingerprint density at radius 1 is 1.67 bits per heavy atom. The van der Waals surface area contributed by atoms with Crippen LogP contribution in [0.4, 0.5) is 0 Å².